The molecule has 3 nitrogen and oxygen atoms in total. The Labute approximate surface area is 205 Å². The third-order valence-corrected chi connectivity index (χ3v) is 7.01. The molecule has 0 aromatic heterocycles. The first kappa shape index (κ1) is 24.7. The minimum atomic E-state index is -0.375. The van der Waals surface area contributed by atoms with E-state index in [1.54, 1.807) is 0 Å². The topological polar surface area (TPSA) is 32.7 Å². The molecular formula is C31H39NO2. The molecule has 0 spiro atoms. The lowest BCUT2D eigenvalue weighted by Crippen LogP contribution is -2.38. The summed E-state index contributed by atoms with van der Waals surface area (Å²) >= 11 is 0. The number of benzene rings is 3. The molecule has 0 radical (unpaired) electrons. The third-order valence-electron chi connectivity index (χ3n) is 7.01. The Hall–Kier alpha value is -2.46. The monoisotopic (exact) mass is 457 g/mol. The Morgan fingerprint density at radius 2 is 1.29 bits per heavy atom. The Kier molecular flexibility index (Phi) is 8.92. The normalized spacial score (nSPS) is 16.3. The highest BCUT2D eigenvalue weighted by Gasteiger charge is 2.24. The first-order chi connectivity index (χ1) is 16.6. The predicted molar refractivity (Wildman–Crippen MR) is 140 cm³/mol. The van der Waals surface area contributed by atoms with Gasteiger partial charge in [0.15, 0.2) is 0 Å². The van der Waals surface area contributed by atoms with Gasteiger partial charge < -0.3 is 14.7 Å². The van der Waals surface area contributed by atoms with Gasteiger partial charge in [-0.25, -0.2) is 0 Å². The van der Waals surface area contributed by atoms with Crippen LogP contribution in [0, 0.1) is 0 Å². The van der Waals surface area contributed by atoms with Crippen molar-refractivity contribution < 1.29 is 9.84 Å². The molecule has 1 saturated heterocycles. The molecule has 1 N–H and O–H groups in total. The van der Waals surface area contributed by atoms with E-state index in [4.69, 9.17) is 4.74 Å². The predicted octanol–water partition coefficient (Wildman–Crippen LogP) is 6.89. The zero-order valence-corrected chi connectivity index (χ0v) is 20.6. The fraction of sp³-hybridized carbons (Fsp3) is 0.419. The van der Waals surface area contributed by atoms with E-state index in [2.05, 4.69) is 104 Å². The van der Waals surface area contributed by atoms with E-state index in [9.17, 15) is 5.11 Å². The fourth-order valence-corrected chi connectivity index (χ4v) is 4.84. The van der Waals surface area contributed by atoms with E-state index in [-0.39, 0.29) is 18.3 Å². The van der Waals surface area contributed by atoms with Gasteiger partial charge in [-0.2, -0.15) is 0 Å². The molecule has 3 heteroatoms. The molecule has 1 fully saturated rings. The summed E-state index contributed by atoms with van der Waals surface area (Å²) in [6.07, 6.45) is 3.80. The summed E-state index contributed by atoms with van der Waals surface area (Å²) < 4.78 is 6.67. The average Bonchev–Trinajstić information content (AvgIpc) is 2.89. The van der Waals surface area contributed by atoms with Gasteiger partial charge in [0.05, 0.1) is 12.2 Å². The molecule has 1 aliphatic rings. The van der Waals surface area contributed by atoms with Crippen molar-refractivity contribution in [2.24, 2.45) is 0 Å². The Balaban J connectivity index is 1.23. The lowest BCUT2D eigenvalue weighted by molar-refractivity contribution is -0.0274. The highest BCUT2D eigenvalue weighted by atomic mass is 16.5. The number of hydrogen-bond acceptors (Lipinski definition) is 3. The maximum atomic E-state index is 10.6. The Bertz CT molecular complexity index is 924. The number of aliphatic hydroxyl groups excluding tert-OH is 1. The van der Waals surface area contributed by atoms with Gasteiger partial charge in [-0.3, -0.25) is 0 Å². The minimum absolute atomic E-state index is 0.0174. The molecule has 34 heavy (non-hydrogen) atoms. The van der Waals surface area contributed by atoms with E-state index in [1.165, 1.54) is 16.7 Å². The highest BCUT2D eigenvalue weighted by Crippen LogP contribution is 2.30. The molecule has 0 bridgehead atoms. The van der Waals surface area contributed by atoms with Gasteiger partial charge >= 0.3 is 0 Å². The SMILES string of the molecule is CC(C)c1ccc(C(O)CCCN2CCC(OC(c3ccccc3)c3ccccc3)CC2)cc1. The second-order valence-electron chi connectivity index (χ2n) is 9.86. The number of piperidine rings is 1. The summed E-state index contributed by atoms with van der Waals surface area (Å²) in [4.78, 5) is 2.52. The van der Waals surface area contributed by atoms with Crippen molar-refractivity contribution in [2.45, 2.75) is 63.8 Å². The van der Waals surface area contributed by atoms with Crippen LogP contribution in [0.15, 0.2) is 84.9 Å². The number of nitrogens with zero attached hydrogens (tertiary/aromatic N) is 1. The molecule has 1 aliphatic heterocycles. The Morgan fingerprint density at radius 1 is 0.765 bits per heavy atom. The van der Waals surface area contributed by atoms with Crippen LogP contribution < -0.4 is 0 Å². The van der Waals surface area contributed by atoms with Gasteiger partial charge in [0.2, 0.25) is 0 Å². The summed E-state index contributed by atoms with van der Waals surface area (Å²) in [6.45, 7) is 7.54. The molecule has 0 saturated carbocycles. The van der Waals surface area contributed by atoms with Crippen LogP contribution in [0.3, 0.4) is 0 Å². The van der Waals surface area contributed by atoms with Crippen molar-refractivity contribution in [3.05, 3.63) is 107 Å². The largest absolute Gasteiger partial charge is 0.388 e. The van der Waals surface area contributed by atoms with Crippen LogP contribution in [-0.2, 0) is 4.74 Å². The molecule has 180 valence electrons. The van der Waals surface area contributed by atoms with E-state index in [0.29, 0.717) is 5.92 Å². The number of likely N-dealkylation sites (tertiary alicyclic amines) is 1. The summed E-state index contributed by atoms with van der Waals surface area (Å²) in [5, 5.41) is 10.6. The quantitative estimate of drug-likeness (QED) is 0.360. The summed E-state index contributed by atoms with van der Waals surface area (Å²) in [7, 11) is 0. The van der Waals surface area contributed by atoms with Crippen LogP contribution in [0.4, 0.5) is 0 Å². The molecule has 1 heterocycles. The average molecular weight is 458 g/mol. The van der Waals surface area contributed by atoms with E-state index in [0.717, 1.165) is 50.9 Å². The summed E-state index contributed by atoms with van der Waals surface area (Å²) in [5.41, 5.74) is 4.78. The highest BCUT2D eigenvalue weighted by molar-refractivity contribution is 5.30. The van der Waals surface area contributed by atoms with Crippen molar-refractivity contribution >= 4 is 0 Å². The standard InChI is InChI=1S/C31H39NO2/c1-24(2)25-15-17-26(18-16-25)30(33)14-9-21-32-22-19-29(20-23-32)34-31(27-10-5-3-6-11-27)28-12-7-4-8-13-28/h3-8,10-13,15-18,24,29-31,33H,9,14,19-23H2,1-2H3. The summed E-state index contributed by atoms with van der Waals surface area (Å²) in [6, 6.07) is 29.6. The van der Waals surface area contributed by atoms with Crippen LogP contribution in [0.1, 0.15) is 79.9 Å². The van der Waals surface area contributed by atoms with Gasteiger partial charge in [0.25, 0.3) is 0 Å². The van der Waals surface area contributed by atoms with Crippen LogP contribution in [-0.4, -0.2) is 35.7 Å². The molecule has 1 unspecified atom stereocenters. The zero-order valence-electron chi connectivity index (χ0n) is 20.6. The number of ether oxygens (including phenoxy) is 1. The second kappa shape index (κ2) is 12.3. The van der Waals surface area contributed by atoms with Gasteiger partial charge in [-0.1, -0.05) is 98.8 Å². The molecule has 3 aromatic rings. The number of rotatable bonds is 10. The molecule has 0 aliphatic carbocycles. The van der Waals surface area contributed by atoms with E-state index < -0.39 is 0 Å². The van der Waals surface area contributed by atoms with Crippen LogP contribution in [0.2, 0.25) is 0 Å². The van der Waals surface area contributed by atoms with Crippen molar-refractivity contribution in [3.8, 4) is 0 Å². The Morgan fingerprint density at radius 3 is 1.82 bits per heavy atom. The van der Waals surface area contributed by atoms with Crippen LogP contribution in [0.5, 0.6) is 0 Å². The van der Waals surface area contributed by atoms with Gasteiger partial charge in [0.1, 0.15) is 6.10 Å². The smallest absolute Gasteiger partial charge is 0.108 e. The van der Waals surface area contributed by atoms with Gasteiger partial charge in [-0.15, -0.1) is 0 Å². The number of hydrogen-bond donors (Lipinski definition) is 1. The van der Waals surface area contributed by atoms with Crippen molar-refractivity contribution in [1.29, 1.82) is 0 Å². The first-order valence-electron chi connectivity index (χ1n) is 12.9. The number of aliphatic hydroxyl groups is 1. The van der Waals surface area contributed by atoms with E-state index in [1.807, 2.05) is 0 Å². The second-order valence-corrected chi connectivity index (χ2v) is 9.86. The third kappa shape index (κ3) is 6.79. The zero-order chi connectivity index (χ0) is 23.8. The van der Waals surface area contributed by atoms with Gasteiger partial charge in [-0.05, 0) is 60.4 Å². The maximum Gasteiger partial charge on any atom is 0.108 e. The lowest BCUT2D eigenvalue weighted by atomic mass is 9.98. The van der Waals surface area contributed by atoms with Crippen molar-refractivity contribution in [3.63, 3.8) is 0 Å². The summed E-state index contributed by atoms with van der Waals surface area (Å²) in [5.74, 6) is 0.522. The fourth-order valence-electron chi connectivity index (χ4n) is 4.84. The molecular weight excluding hydrogens is 418 g/mol. The first-order valence-corrected chi connectivity index (χ1v) is 12.9. The van der Waals surface area contributed by atoms with Crippen LogP contribution in [0.25, 0.3) is 0 Å². The van der Waals surface area contributed by atoms with Crippen molar-refractivity contribution in [1.82, 2.24) is 4.90 Å². The van der Waals surface area contributed by atoms with Crippen molar-refractivity contribution in [2.75, 3.05) is 19.6 Å². The minimum Gasteiger partial charge on any atom is -0.388 e. The van der Waals surface area contributed by atoms with Gasteiger partial charge in [0, 0.05) is 13.1 Å². The molecule has 1 atom stereocenters. The van der Waals surface area contributed by atoms with E-state index >= 15 is 0 Å². The molecule has 4 rings (SSSR count). The molecule has 0 amide bonds. The molecule has 3 aromatic carbocycles. The van der Waals surface area contributed by atoms with Crippen LogP contribution >= 0.6 is 0 Å². The lowest BCUT2D eigenvalue weighted by Gasteiger charge is -2.34. The maximum absolute atomic E-state index is 10.6.